The summed E-state index contributed by atoms with van der Waals surface area (Å²) >= 11 is 0. The largest absolute Gasteiger partial charge is 0.236 e. The molecule has 0 unspecified atom stereocenters. The molecule has 0 amide bonds. The maximum absolute atomic E-state index is 6.02. The summed E-state index contributed by atoms with van der Waals surface area (Å²) in [6.07, 6.45) is 15.9. The van der Waals surface area contributed by atoms with E-state index in [4.69, 9.17) is 9.78 Å². The molecule has 0 atom stereocenters. The molecule has 0 saturated carbocycles. The first-order valence-electron chi connectivity index (χ1n) is 9.55. The Bertz CT molecular complexity index is 182. The molecule has 0 heterocycles. The van der Waals surface area contributed by atoms with E-state index in [0.717, 1.165) is 32.3 Å². The summed E-state index contributed by atoms with van der Waals surface area (Å²) in [4.78, 5) is 11.6. The molecular formula is C19H40O2. The Morgan fingerprint density at radius 2 is 1.10 bits per heavy atom. The van der Waals surface area contributed by atoms with E-state index < -0.39 is 0 Å². The zero-order valence-corrected chi connectivity index (χ0v) is 15.2. The van der Waals surface area contributed by atoms with Crippen molar-refractivity contribution in [3.63, 3.8) is 0 Å². The standard InChI is InChI=1S/C19H40O2/c1-5-9-13-14-17-19(15-10-6-2,16-11-7-3)21-20-18-12-8-4/h5-18H2,1-4H3. The molecule has 0 fully saturated rings. The molecule has 0 rings (SSSR count). The van der Waals surface area contributed by atoms with Crippen molar-refractivity contribution in [3.8, 4) is 0 Å². The highest BCUT2D eigenvalue weighted by Crippen LogP contribution is 2.32. The summed E-state index contributed by atoms with van der Waals surface area (Å²) in [5.41, 5.74) is -0.0203. The van der Waals surface area contributed by atoms with Crippen LogP contribution in [0.4, 0.5) is 0 Å². The fourth-order valence-electron chi connectivity index (χ4n) is 2.74. The van der Waals surface area contributed by atoms with Crippen LogP contribution in [-0.2, 0) is 9.78 Å². The first-order chi connectivity index (χ1) is 10.2. The predicted octanol–water partition coefficient (Wildman–Crippen LogP) is 6.82. The zero-order chi connectivity index (χ0) is 15.8. The molecule has 0 aliphatic heterocycles. The van der Waals surface area contributed by atoms with Gasteiger partial charge in [-0.15, -0.1) is 0 Å². The van der Waals surface area contributed by atoms with Gasteiger partial charge in [-0.05, 0) is 25.7 Å². The molecule has 128 valence electrons. The van der Waals surface area contributed by atoms with Crippen molar-refractivity contribution < 1.29 is 9.78 Å². The van der Waals surface area contributed by atoms with Crippen molar-refractivity contribution in [1.29, 1.82) is 0 Å². The molecule has 0 aliphatic carbocycles. The lowest BCUT2D eigenvalue weighted by molar-refractivity contribution is -0.367. The number of hydrogen-bond donors (Lipinski definition) is 0. The Morgan fingerprint density at radius 3 is 1.62 bits per heavy atom. The molecule has 0 saturated heterocycles. The van der Waals surface area contributed by atoms with E-state index >= 15 is 0 Å². The van der Waals surface area contributed by atoms with E-state index in [1.54, 1.807) is 0 Å². The van der Waals surface area contributed by atoms with Crippen LogP contribution in [0.1, 0.15) is 111 Å². The summed E-state index contributed by atoms with van der Waals surface area (Å²) in [5, 5.41) is 0. The van der Waals surface area contributed by atoms with E-state index in [9.17, 15) is 0 Å². The Labute approximate surface area is 133 Å². The van der Waals surface area contributed by atoms with Gasteiger partial charge < -0.3 is 0 Å². The van der Waals surface area contributed by atoms with E-state index in [-0.39, 0.29) is 5.60 Å². The number of hydrogen-bond acceptors (Lipinski definition) is 2. The van der Waals surface area contributed by atoms with Gasteiger partial charge in [0.05, 0.1) is 6.61 Å². The first kappa shape index (κ1) is 20.9. The monoisotopic (exact) mass is 300 g/mol. The Kier molecular flexibility index (Phi) is 14.8. The van der Waals surface area contributed by atoms with Gasteiger partial charge in [0.15, 0.2) is 0 Å². The SMILES string of the molecule is CCCCCCC(CCCC)(CCCC)OOCCCC. The molecule has 0 radical (unpaired) electrons. The molecule has 0 bridgehead atoms. The average molecular weight is 301 g/mol. The highest BCUT2D eigenvalue weighted by Gasteiger charge is 2.31. The second-order valence-electron chi connectivity index (χ2n) is 6.46. The molecule has 0 spiro atoms. The van der Waals surface area contributed by atoms with Gasteiger partial charge >= 0.3 is 0 Å². The minimum atomic E-state index is -0.0203. The van der Waals surface area contributed by atoms with Crippen molar-refractivity contribution in [3.05, 3.63) is 0 Å². The third kappa shape index (κ3) is 11.2. The second-order valence-corrected chi connectivity index (χ2v) is 6.46. The van der Waals surface area contributed by atoms with Gasteiger partial charge in [-0.25, -0.2) is 9.78 Å². The van der Waals surface area contributed by atoms with Crippen LogP contribution >= 0.6 is 0 Å². The molecule has 0 aliphatic rings. The van der Waals surface area contributed by atoms with Gasteiger partial charge in [0.2, 0.25) is 0 Å². The van der Waals surface area contributed by atoms with Crippen molar-refractivity contribution in [1.82, 2.24) is 0 Å². The third-order valence-electron chi connectivity index (χ3n) is 4.27. The van der Waals surface area contributed by atoms with Crippen LogP contribution in [-0.4, -0.2) is 12.2 Å². The van der Waals surface area contributed by atoms with Crippen molar-refractivity contribution in [2.75, 3.05) is 6.61 Å². The first-order valence-corrected chi connectivity index (χ1v) is 9.55. The summed E-state index contributed by atoms with van der Waals surface area (Å²) < 4.78 is 0. The molecule has 2 nitrogen and oxygen atoms in total. The normalized spacial score (nSPS) is 12.0. The van der Waals surface area contributed by atoms with Crippen molar-refractivity contribution in [2.45, 2.75) is 117 Å². The summed E-state index contributed by atoms with van der Waals surface area (Å²) in [5.74, 6) is 0. The lowest BCUT2D eigenvalue weighted by Crippen LogP contribution is -2.33. The number of rotatable bonds is 16. The minimum Gasteiger partial charge on any atom is -0.236 e. The van der Waals surface area contributed by atoms with Gasteiger partial charge in [0, 0.05) is 0 Å². The van der Waals surface area contributed by atoms with E-state index in [1.165, 1.54) is 57.8 Å². The van der Waals surface area contributed by atoms with Crippen LogP contribution in [0.15, 0.2) is 0 Å². The minimum absolute atomic E-state index is 0.0203. The van der Waals surface area contributed by atoms with Gasteiger partial charge in [-0.2, -0.15) is 0 Å². The Balaban J connectivity index is 4.43. The molecule has 0 aromatic carbocycles. The Hall–Kier alpha value is -0.0800. The van der Waals surface area contributed by atoms with Gasteiger partial charge in [-0.3, -0.25) is 0 Å². The fraction of sp³-hybridized carbons (Fsp3) is 1.00. The topological polar surface area (TPSA) is 18.5 Å². The highest BCUT2D eigenvalue weighted by atomic mass is 17.2. The lowest BCUT2D eigenvalue weighted by atomic mass is 9.86. The second kappa shape index (κ2) is 14.8. The maximum atomic E-state index is 6.02. The van der Waals surface area contributed by atoms with Crippen LogP contribution in [0.25, 0.3) is 0 Å². The smallest absolute Gasteiger partial charge is 0.104 e. The summed E-state index contributed by atoms with van der Waals surface area (Å²) in [6, 6.07) is 0. The molecule has 2 heteroatoms. The third-order valence-corrected chi connectivity index (χ3v) is 4.27. The predicted molar refractivity (Wildman–Crippen MR) is 92.5 cm³/mol. The van der Waals surface area contributed by atoms with Crippen LogP contribution < -0.4 is 0 Å². The fourth-order valence-corrected chi connectivity index (χ4v) is 2.74. The van der Waals surface area contributed by atoms with Gasteiger partial charge in [0.25, 0.3) is 0 Å². The zero-order valence-electron chi connectivity index (χ0n) is 15.2. The molecule has 0 aromatic heterocycles. The van der Waals surface area contributed by atoms with Crippen molar-refractivity contribution in [2.24, 2.45) is 0 Å². The molecular weight excluding hydrogens is 260 g/mol. The van der Waals surface area contributed by atoms with Crippen LogP contribution in [0.3, 0.4) is 0 Å². The average Bonchev–Trinajstić information content (AvgIpc) is 2.51. The number of unbranched alkanes of at least 4 members (excludes halogenated alkanes) is 6. The molecule has 21 heavy (non-hydrogen) atoms. The molecule has 0 aromatic rings. The maximum Gasteiger partial charge on any atom is 0.104 e. The van der Waals surface area contributed by atoms with Crippen LogP contribution in [0.2, 0.25) is 0 Å². The van der Waals surface area contributed by atoms with Crippen molar-refractivity contribution >= 4 is 0 Å². The van der Waals surface area contributed by atoms with E-state index in [2.05, 4.69) is 27.7 Å². The highest BCUT2D eigenvalue weighted by molar-refractivity contribution is 4.79. The van der Waals surface area contributed by atoms with Gasteiger partial charge in [0.1, 0.15) is 5.60 Å². The van der Waals surface area contributed by atoms with Crippen LogP contribution in [0.5, 0.6) is 0 Å². The lowest BCUT2D eigenvalue weighted by Gasteiger charge is -2.33. The quantitative estimate of drug-likeness (QED) is 0.177. The molecule has 0 N–H and O–H groups in total. The van der Waals surface area contributed by atoms with E-state index in [1.807, 2.05) is 0 Å². The summed E-state index contributed by atoms with van der Waals surface area (Å²) in [7, 11) is 0. The van der Waals surface area contributed by atoms with Gasteiger partial charge in [-0.1, -0.05) is 85.5 Å². The van der Waals surface area contributed by atoms with Crippen LogP contribution in [0, 0.1) is 0 Å². The summed E-state index contributed by atoms with van der Waals surface area (Å²) in [6.45, 7) is 9.73. The van der Waals surface area contributed by atoms with E-state index in [0.29, 0.717) is 0 Å². The Morgan fingerprint density at radius 1 is 0.571 bits per heavy atom.